The maximum atomic E-state index is 13.3. The second-order valence-electron chi connectivity index (χ2n) is 5.86. The molecule has 0 radical (unpaired) electrons. The number of piperazine rings is 1. The zero-order valence-electron chi connectivity index (χ0n) is 13.2. The Labute approximate surface area is 148 Å². The van der Waals surface area contributed by atoms with Gasteiger partial charge in [-0.2, -0.15) is 0 Å². The van der Waals surface area contributed by atoms with Crippen LogP contribution in [0.1, 0.15) is 15.9 Å². The summed E-state index contributed by atoms with van der Waals surface area (Å²) in [5.74, 6) is -2.21. The third-order valence-electron chi connectivity index (χ3n) is 4.18. The maximum absolute atomic E-state index is 13.3. The minimum absolute atomic E-state index is 0.180. The fraction of sp³-hybridized carbons (Fsp3) is 0.278. The van der Waals surface area contributed by atoms with Crippen molar-refractivity contribution in [2.75, 3.05) is 31.1 Å². The Morgan fingerprint density at radius 1 is 1.00 bits per heavy atom. The molecule has 1 heterocycles. The molecule has 3 rings (SSSR count). The van der Waals surface area contributed by atoms with Crippen LogP contribution in [0.2, 0.25) is 0 Å². The molecule has 0 bridgehead atoms. The number of halogens is 3. The van der Waals surface area contributed by atoms with E-state index in [4.69, 9.17) is 0 Å². The molecular weight excluding hydrogens is 378 g/mol. The molecule has 0 aromatic heterocycles. The Bertz CT molecular complexity index is 774. The highest BCUT2D eigenvalue weighted by atomic mass is 79.9. The lowest BCUT2D eigenvalue weighted by Crippen LogP contribution is -2.48. The van der Waals surface area contributed by atoms with E-state index in [1.807, 2.05) is 6.92 Å². The predicted molar refractivity (Wildman–Crippen MR) is 93.4 cm³/mol. The summed E-state index contributed by atoms with van der Waals surface area (Å²) < 4.78 is 27.3. The van der Waals surface area contributed by atoms with Crippen LogP contribution in [0.4, 0.5) is 14.5 Å². The predicted octanol–water partition coefficient (Wildman–Crippen LogP) is 4.00. The number of carbonyl (C=O) groups is 1. The van der Waals surface area contributed by atoms with Crippen LogP contribution in [0, 0.1) is 18.6 Å². The van der Waals surface area contributed by atoms with Gasteiger partial charge in [-0.25, -0.2) is 8.78 Å². The van der Waals surface area contributed by atoms with Gasteiger partial charge in [0.15, 0.2) is 11.6 Å². The van der Waals surface area contributed by atoms with Gasteiger partial charge in [-0.1, -0.05) is 6.07 Å². The molecule has 24 heavy (non-hydrogen) atoms. The first-order valence-corrected chi connectivity index (χ1v) is 8.50. The number of benzene rings is 2. The van der Waals surface area contributed by atoms with Crippen molar-refractivity contribution in [2.45, 2.75) is 6.92 Å². The first-order valence-electron chi connectivity index (χ1n) is 7.71. The van der Waals surface area contributed by atoms with Crippen molar-refractivity contribution >= 4 is 27.5 Å². The standard InChI is InChI=1S/C18H17BrF2N2O/c1-12-2-5-17(14(19)10-12)22-6-8-23(9-7-22)18(24)13-3-4-15(20)16(21)11-13/h2-5,10-11H,6-9H2,1H3. The molecular formula is C18H17BrF2N2O. The fourth-order valence-corrected chi connectivity index (χ4v) is 3.57. The number of carbonyl (C=O) groups excluding carboxylic acids is 1. The van der Waals surface area contributed by atoms with Crippen molar-refractivity contribution in [1.82, 2.24) is 4.90 Å². The smallest absolute Gasteiger partial charge is 0.254 e. The highest BCUT2D eigenvalue weighted by molar-refractivity contribution is 9.10. The van der Waals surface area contributed by atoms with Crippen molar-refractivity contribution in [1.29, 1.82) is 0 Å². The molecule has 0 atom stereocenters. The Morgan fingerprint density at radius 2 is 1.71 bits per heavy atom. The average molecular weight is 395 g/mol. The van der Waals surface area contributed by atoms with Crippen LogP contribution in [-0.4, -0.2) is 37.0 Å². The van der Waals surface area contributed by atoms with Crippen molar-refractivity contribution in [3.63, 3.8) is 0 Å². The van der Waals surface area contributed by atoms with E-state index in [2.05, 4.69) is 39.0 Å². The Balaban J connectivity index is 1.68. The first kappa shape index (κ1) is 16.9. The number of hydrogen-bond acceptors (Lipinski definition) is 2. The Morgan fingerprint density at radius 3 is 2.33 bits per heavy atom. The van der Waals surface area contributed by atoms with Crippen LogP contribution in [0.5, 0.6) is 0 Å². The third-order valence-corrected chi connectivity index (χ3v) is 4.81. The van der Waals surface area contributed by atoms with E-state index in [0.717, 1.165) is 22.3 Å². The summed E-state index contributed by atoms with van der Waals surface area (Å²) in [7, 11) is 0. The molecule has 1 aliphatic heterocycles. The second kappa shape index (κ2) is 6.89. The van der Waals surface area contributed by atoms with Crippen molar-refractivity contribution in [3.05, 3.63) is 63.6 Å². The molecule has 0 spiro atoms. The van der Waals surface area contributed by atoms with Crippen molar-refractivity contribution in [3.8, 4) is 0 Å². The molecule has 126 valence electrons. The van der Waals surface area contributed by atoms with Gasteiger partial charge < -0.3 is 9.80 Å². The van der Waals surface area contributed by atoms with Gasteiger partial charge in [0.2, 0.25) is 0 Å². The van der Waals surface area contributed by atoms with Crippen LogP contribution >= 0.6 is 15.9 Å². The number of aryl methyl sites for hydroxylation is 1. The van der Waals surface area contributed by atoms with Gasteiger partial charge in [0.1, 0.15) is 0 Å². The molecule has 0 aliphatic carbocycles. The quantitative estimate of drug-likeness (QED) is 0.768. The van der Waals surface area contributed by atoms with Gasteiger partial charge in [0.25, 0.3) is 5.91 Å². The summed E-state index contributed by atoms with van der Waals surface area (Å²) in [4.78, 5) is 16.3. The maximum Gasteiger partial charge on any atom is 0.254 e. The summed E-state index contributed by atoms with van der Waals surface area (Å²) in [5, 5.41) is 0. The van der Waals surface area contributed by atoms with E-state index in [9.17, 15) is 13.6 Å². The lowest BCUT2D eigenvalue weighted by atomic mass is 10.1. The summed E-state index contributed by atoms with van der Waals surface area (Å²) in [5.41, 5.74) is 2.46. The van der Waals surface area contributed by atoms with E-state index >= 15 is 0 Å². The summed E-state index contributed by atoms with van der Waals surface area (Å²) in [6, 6.07) is 9.45. The van der Waals surface area contributed by atoms with E-state index < -0.39 is 11.6 Å². The largest absolute Gasteiger partial charge is 0.367 e. The van der Waals surface area contributed by atoms with Gasteiger partial charge in [0, 0.05) is 36.2 Å². The lowest BCUT2D eigenvalue weighted by molar-refractivity contribution is 0.0746. The minimum atomic E-state index is -0.997. The van der Waals surface area contributed by atoms with Crippen LogP contribution in [0.15, 0.2) is 40.9 Å². The zero-order chi connectivity index (χ0) is 17.3. The van der Waals surface area contributed by atoms with Gasteiger partial charge in [-0.3, -0.25) is 4.79 Å². The van der Waals surface area contributed by atoms with E-state index in [1.165, 1.54) is 11.6 Å². The summed E-state index contributed by atoms with van der Waals surface area (Å²) >= 11 is 3.58. The van der Waals surface area contributed by atoms with E-state index in [0.29, 0.717) is 26.2 Å². The molecule has 0 unspecified atom stereocenters. The molecule has 0 saturated carbocycles. The topological polar surface area (TPSA) is 23.6 Å². The highest BCUT2D eigenvalue weighted by Gasteiger charge is 2.23. The van der Waals surface area contributed by atoms with Crippen LogP contribution in [-0.2, 0) is 0 Å². The van der Waals surface area contributed by atoms with Gasteiger partial charge in [-0.15, -0.1) is 0 Å². The number of hydrogen-bond donors (Lipinski definition) is 0. The zero-order valence-corrected chi connectivity index (χ0v) is 14.8. The third kappa shape index (κ3) is 3.43. The van der Waals surface area contributed by atoms with Crippen LogP contribution in [0.25, 0.3) is 0 Å². The number of anilines is 1. The Kier molecular flexibility index (Phi) is 4.85. The van der Waals surface area contributed by atoms with E-state index in [1.54, 1.807) is 4.90 Å². The molecule has 1 aliphatic rings. The van der Waals surface area contributed by atoms with Crippen molar-refractivity contribution < 1.29 is 13.6 Å². The minimum Gasteiger partial charge on any atom is -0.367 e. The number of amides is 1. The normalized spacial score (nSPS) is 14.8. The molecule has 1 saturated heterocycles. The SMILES string of the molecule is Cc1ccc(N2CCN(C(=O)c3ccc(F)c(F)c3)CC2)c(Br)c1. The van der Waals surface area contributed by atoms with E-state index in [-0.39, 0.29) is 11.5 Å². The molecule has 6 heteroatoms. The molecule has 1 fully saturated rings. The fourth-order valence-electron chi connectivity index (χ4n) is 2.83. The molecule has 0 N–H and O–H groups in total. The summed E-state index contributed by atoms with van der Waals surface area (Å²) in [6.45, 7) is 4.50. The molecule has 3 nitrogen and oxygen atoms in total. The van der Waals surface area contributed by atoms with Gasteiger partial charge >= 0.3 is 0 Å². The Hall–Kier alpha value is -1.95. The average Bonchev–Trinajstić information content (AvgIpc) is 2.57. The number of nitrogens with zero attached hydrogens (tertiary/aromatic N) is 2. The molecule has 2 aromatic rings. The first-order chi connectivity index (χ1) is 11.5. The summed E-state index contributed by atoms with van der Waals surface area (Å²) in [6.07, 6.45) is 0. The lowest BCUT2D eigenvalue weighted by Gasteiger charge is -2.36. The van der Waals surface area contributed by atoms with Gasteiger partial charge in [0.05, 0.1) is 5.69 Å². The monoisotopic (exact) mass is 394 g/mol. The van der Waals surface area contributed by atoms with Gasteiger partial charge in [-0.05, 0) is 58.7 Å². The van der Waals surface area contributed by atoms with Crippen LogP contribution < -0.4 is 4.90 Å². The van der Waals surface area contributed by atoms with Crippen LogP contribution in [0.3, 0.4) is 0 Å². The molecule has 2 aromatic carbocycles. The number of rotatable bonds is 2. The highest BCUT2D eigenvalue weighted by Crippen LogP contribution is 2.28. The second-order valence-corrected chi connectivity index (χ2v) is 6.72. The van der Waals surface area contributed by atoms with Crippen molar-refractivity contribution in [2.24, 2.45) is 0 Å². The molecule has 1 amide bonds.